The van der Waals surface area contributed by atoms with Crippen LogP contribution in [0.4, 0.5) is 5.69 Å². The summed E-state index contributed by atoms with van der Waals surface area (Å²) in [5, 5.41) is 0.716. The zero-order valence-electron chi connectivity index (χ0n) is 13.9. The number of nitrogens with two attached hydrogens (primary N) is 1. The summed E-state index contributed by atoms with van der Waals surface area (Å²) >= 11 is 1.57. The molecule has 0 aliphatic heterocycles. The molecule has 0 saturated carbocycles. The fourth-order valence-corrected chi connectivity index (χ4v) is 3.16. The number of fused-ring (bicyclic) bond motifs is 1. The third-order valence-corrected chi connectivity index (χ3v) is 4.47. The van der Waals surface area contributed by atoms with E-state index in [1.54, 1.807) is 25.2 Å². The Hall–Kier alpha value is -2.54. The maximum absolute atomic E-state index is 5.96. The van der Waals surface area contributed by atoms with Gasteiger partial charge < -0.3 is 15.0 Å². The largest absolute Gasteiger partial charge is 0.495 e. The predicted molar refractivity (Wildman–Crippen MR) is 98.0 cm³/mol. The Morgan fingerprint density at radius 3 is 2.88 bits per heavy atom. The summed E-state index contributed by atoms with van der Waals surface area (Å²) in [4.78, 5) is 13.6. The third-order valence-electron chi connectivity index (χ3n) is 3.55. The predicted octanol–water partition coefficient (Wildman–Crippen LogP) is 3.28. The minimum Gasteiger partial charge on any atom is -0.495 e. The number of imidazole rings is 1. The summed E-state index contributed by atoms with van der Waals surface area (Å²) < 4.78 is 7.09. The van der Waals surface area contributed by atoms with Crippen LogP contribution in [0.15, 0.2) is 35.8 Å². The van der Waals surface area contributed by atoms with Gasteiger partial charge in [-0.2, -0.15) is 0 Å². The molecule has 0 unspecified atom stereocenters. The average Bonchev–Trinajstić information content (AvgIpc) is 2.95. The zero-order valence-corrected chi connectivity index (χ0v) is 14.7. The number of methoxy groups -OCH3 is 1. The number of aromatic nitrogens is 4. The molecule has 1 aromatic carbocycles. The average molecular weight is 341 g/mol. The summed E-state index contributed by atoms with van der Waals surface area (Å²) in [6.45, 7) is 1.96. The van der Waals surface area contributed by atoms with E-state index in [0.29, 0.717) is 16.6 Å². The summed E-state index contributed by atoms with van der Waals surface area (Å²) in [6.07, 6.45) is 5.66. The normalized spacial score (nSPS) is 11.5. The van der Waals surface area contributed by atoms with Crippen LogP contribution in [0, 0.1) is 0 Å². The zero-order chi connectivity index (χ0) is 17.1. The van der Waals surface area contributed by atoms with E-state index in [1.165, 1.54) is 0 Å². The highest BCUT2D eigenvalue weighted by Crippen LogP contribution is 2.27. The SMILES string of the molecule is C/C=C/c1nc(SCc2ccc(OC)c(N)c2)nc2c1ncn2C. The molecule has 0 radical (unpaired) electrons. The minimum atomic E-state index is 0.633. The van der Waals surface area contributed by atoms with Crippen molar-refractivity contribution >= 4 is 34.7 Å². The molecule has 2 aromatic heterocycles. The molecule has 0 fully saturated rings. The summed E-state index contributed by atoms with van der Waals surface area (Å²) in [6, 6.07) is 5.79. The van der Waals surface area contributed by atoms with E-state index in [4.69, 9.17) is 10.5 Å². The Balaban J connectivity index is 1.87. The van der Waals surface area contributed by atoms with Crippen molar-refractivity contribution < 1.29 is 4.74 Å². The molecule has 24 heavy (non-hydrogen) atoms. The van der Waals surface area contributed by atoms with E-state index >= 15 is 0 Å². The number of nitrogen functional groups attached to an aromatic ring is 1. The van der Waals surface area contributed by atoms with Gasteiger partial charge in [-0.05, 0) is 30.7 Å². The van der Waals surface area contributed by atoms with Gasteiger partial charge in [0.25, 0.3) is 0 Å². The van der Waals surface area contributed by atoms with Gasteiger partial charge in [0, 0.05) is 12.8 Å². The van der Waals surface area contributed by atoms with E-state index in [1.807, 2.05) is 48.9 Å². The second-order valence-corrected chi connectivity index (χ2v) is 6.23. The monoisotopic (exact) mass is 341 g/mol. The number of aryl methyl sites for hydroxylation is 1. The number of ether oxygens (including phenoxy) is 1. The maximum atomic E-state index is 5.96. The van der Waals surface area contributed by atoms with Crippen molar-refractivity contribution in [2.24, 2.45) is 7.05 Å². The number of rotatable bonds is 5. The summed E-state index contributed by atoms with van der Waals surface area (Å²) in [7, 11) is 3.54. The maximum Gasteiger partial charge on any atom is 0.190 e. The van der Waals surface area contributed by atoms with Crippen LogP contribution in [0.3, 0.4) is 0 Å². The molecule has 0 aliphatic rings. The van der Waals surface area contributed by atoms with E-state index in [0.717, 1.165) is 28.2 Å². The van der Waals surface area contributed by atoms with Gasteiger partial charge in [0.2, 0.25) is 0 Å². The Bertz CT molecular complexity index is 903. The number of hydrogen-bond acceptors (Lipinski definition) is 6. The lowest BCUT2D eigenvalue weighted by atomic mass is 10.2. The Morgan fingerprint density at radius 1 is 1.33 bits per heavy atom. The fourth-order valence-electron chi connectivity index (χ4n) is 2.37. The summed E-state index contributed by atoms with van der Waals surface area (Å²) in [5.74, 6) is 1.42. The number of nitrogens with zero attached hydrogens (tertiary/aromatic N) is 4. The van der Waals surface area contributed by atoms with Crippen molar-refractivity contribution in [2.45, 2.75) is 17.8 Å². The first kappa shape index (κ1) is 16.3. The topological polar surface area (TPSA) is 78.8 Å². The molecule has 3 rings (SSSR count). The summed E-state index contributed by atoms with van der Waals surface area (Å²) in [5.41, 5.74) is 10.2. The van der Waals surface area contributed by atoms with Crippen LogP contribution in [0.25, 0.3) is 17.2 Å². The van der Waals surface area contributed by atoms with Gasteiger partial charge in [-0.3, -0.25) is 0 Å². The highest BCUT2D eigenvalue weighted by molar-refractivity contribution is 7.98. The van der Waals surface area contributed by atoms with Crippen LogP contribution in [-0.2, 0) is 12.8 Å². The molecule has 0 saturated heterocycles. The van der Waals surface area contributed by atoms with Gasteiger partial charge in [0.1, 0.15) is 11.3 Å². The molecule has 6 nitrogen and oxygen atoms in total. The van der Waals surface area contributed by atoms with Gasteiger partial charge >= 0.3 is 0 Å². The van der Waals surface area contributed by atoms with Gasteiger partial charge in [0.15, 0.2) is 10.8 Å². The molecular weight excluding hydrogens is 322 g/mol. The first-order chi connectivity index (χ1) is 11.6. The van der Waals surface area contributed by atoms with Crippen molar-refractivity contribution in [3.63, 3.8) is 0 Å². The van der Waals surface area contributed by atoms with Gasteiger partial charge in [-0.25, -0.2) is 15.0 Å². The van der Waals surface area contributed by atoms with E-state index in [-0.39, 0.29) is 0 Å². The Kier molecular flexibility index (Phi) is 4.71. The Morgan fingerprint density at radius 2 is 2.17 bits per heavy atom. The van der Waals surface area contributed by atoms with E-state index in [9.17, 15) is 0 Å². The van der Waals surface area contributed by atoms with Crippen LogP contribution in [0.1, 0.15) is 18.2 Å². The van der Waals surface area contributed by atoms with Gasteiger partial charge in [0.05, 0.1) is 24.8 Å². The second-order valence-electron chi connectivity index (χ2n) is 5.28. The van der Waals surface area contributed by atoms with Crippen molar-refractivity contribution in [3.05, 3.63) is 41.9 Å². The van der Waals surface area contributed by atoms with Crippen LogP contribution >= 0.6 is 11.8 Å². The molecular formula is C17H19N5OS. The molecule has 2 heterocycles. The van der Waals surface area contributed by atoms with Crippen LogP contribution in [0.5, 0.6) is 5.75 Å². The van der Waals surface area contributed by atoms with Crippen molar-refractivity contribution in [1.29, 1.82) is 0 Å². The number of thioether (sulfide) groups is 1. The standard InChI is InChI=1S/C17H19N5OS/c1-4-5-13-15-16(22(2)10-19-15)21-17(20-13)24-9-11-6-7-14(23-3)12(18)8-11/h4-8,10H,9,18H2,1-3H3/b5-4+. The highest BCUT2D eigenvalue weighted by atomic mass is 32.2. The number of allylic oxidation sites excluding steroid dienone is 1. The molecule has 0 atom stereocenters. The number of hydrogen-bond donors (Lipinski definition) is 1. The van der Waals surface area contributed by atoms with Gasteiger partial charge in [-0.15, -0.1) is 0 Å². The lowest BCUT2D eigenvalue weighted by molar-refractivity contribution is 0.417. The first-order valence-corrected chi connectivity index (χ1v) is 8.48. The molecule has 0 bridgehead atoms. The molecule has 0 aliphatic carbocycles. The quantitative estimate of drug-likeness (QED) is 0.436. The fraction of sp³-hybridized carbons (Fsp3) is 0.235. The molecule has 124 valence electrons. The molecule has 0 spiro atoms. The molecule has 7 heteroatoms. The van der Waals surface area contributed by atoms with Crippen molar-refractivity contribution in [1.82, 2.24) is 19.5 Å². The molecule has 2 N–H and O–H groups in total. The van der Waals surface area contributed by atoms with E-state index < -0.39 is 0 Å². The van der Waals surface area contributed by atoms with Gasteiger partial charge in [-0.1, -0.05) is 23.9 Å². The van der Waals surface area contributed by atoms with Crippen molar-refractivity contribution in [2.75, 3.05) is 12.8 Å². The first-order valence-electron chi connectivity index (χ1n) is 7.49. The van der Waals surface area contributed by atoms with Crippen LogP contribution in [-0.4, -0.2) is 26.6 Å². The van der Waals surface area contributed by atoms with E-state index in [2.05, 4.69) is 15.0 Å². The molecule has 3 aromatic rings. The number of anilines is 1. The van der Waals surface area contributed by atoms with Crippen LogP contribution in [0.2, 0.25) is 0 Å². The van der Waals surface area contributed by atoms with Crippen LogP contribution < -0.4 is 10.5 Å². The molecule has 0 amide bonds. The minimum absolute atomic E-state index is 0.633. The van der Waals surface area contributed by atoms with Crippen molar-refractivity contribution in [3.8, 4) is 5.75 Å². The smallest absolute Gasteiger partial charge is 0.190 e. The third kappa shape index (κ3) is 3.21. The Labute approximate surface area is 144 Å². The lowest BCUT2D eigenvalue weighted by Gasteiger charge is -2.07. The lowest BCUT2D eigenvalue weighted by Crippen LogP contribution is -1.97. The number of benzene rings is 1. The second kappa shape index (κ2) is 6.92. The highest BCUT2D eigenvalue weighted by Gasteiger charge is 2.11.